The smallest absolute Gasteiger partial charge is 0.213 e. The number of hydrogen-bond donors (Lipinski definition) is 0. The van der Waals surface area contributed by atoms with E-state index < -0.39 is 0 Å². The van der Waals surface area contributed by atoms with Crippen molar-refractivity contribution >= 4 is 11.6 Å². The maximum atomic E-state index is 5.66. The van der Waals surface area contributed by atoms with E-state index in [4.69, 9.17) is 16.3 Å². The van der Waals surface area contributed by atoms with E-state index in [2.05, 4.69) is 11.9 Å². The van der Waals surface area contributed by atoms with Crippen LogP contribution in [0.2, 0.25) is 5.02 Å². The quantitative estimate of drug-likeness (QED) is 0.723. The molecule has 0 aromatic carbocycles. The lowest BCUT2D eigenvalue weighted by Crippen LogP contribution is -2.10. The summed E-state index contributed by atoms with van der Waals surface area (Å²) in [4.78, 5) is 4.01. The van der Waals surface area contributed by atoms with E-state index >= 15 is 0 Å². The van der Waals surface area contributed by atoms with Gasteiger partial charge in [0.1, 0.15) is 0 Å². The Kier molecular flexibility index (Phi) is 3.35. The first-order valence-corrected chi connectivity index (χ1v) is 4.38. The van der Waals surface area contributed by atoms with Crippen LogP contribution < -0.4 is 4.74 Å². The zero-order valence-electron chi connectivity index (χ0n) is 7.25. The highest BCUT2D eigenvalue weighted by Gasteiger charge is 2.00. The normalized spacial score (nSPS) is 12.6. The van der Waals surface area contributed by atoms with Crippen molar-refractivity contribution in [3.05, 3.63) is 23.4 Å². The predicted octanol–water partition coefficient (Wildman–Crippen LogP) is 2.91. The molecular formula is C9H12ClNO. The van der Waals surface area contributed by atoms with Gasteiger partial charge in [-0.3, -0.25) is 0 Å². The first-order chi connectivity index (χ1) is 5.72. The molecule has 1 unspecified atom stereocenters. The molecule has 3 heteroatoms. The van der Waals surface area contributed by atoms with Crippen LogP contribution in [0, 0.1) is 0 Å². The Morgan fingerprint density at radius 2 is 2.33 bits per heavy atom. The van der Waals surface area contributed by atoms with Gasteiger partial charge in [-0.1, -0.05) is 18.5 Å². The van der Waals surface area contributed by atoms with Crippen molar-refractivity contribution < 1.29 is 4.74 Å². The van der Waals surface area contributed by atoms with Crippen LogP contribution in [0.15, 0.2) is 18.3 Å². The molecule has 0 radical (unpaired) electrons. The zero-order valence-corrected chi connectivity index (χ0v) is 8.01. The topological polar surface area (TPSA) is 22.1 Å². The molecule has 1 aromatic heterocycles. The van der Waals surface area contributed by atoms with E-state index in [1.165, 1.54) is 0 Å². The Morgan fingerprint density at radius 1 is 1.58 bits per heavy atom. The fourth-order valence-electron chi connectivity index (χ4n) is 0.721. The molecule has 66 valence electrons. The molecule has 0 fully saturated rings. The van der Waals surface area contributed by atoms with Crippen LogP contribution in [0.5, 0.6) is 5.88 Å². The zero-order chi connectivity index (χ0) is 8.97. The number of pyridine rings is 1. The van der Waals surface area contributed by atoms with Crippen LogP contribution >= 0.6 is 11.6 Å². The molecule has 1 heterocycles. The summed E-state index contributed by atoms with van der Waals surface area (Å²) in [7, 11) is 0. The molecule has 0 spiro atoms. The van der Waals surface area contributed by atoms with Gasteiger partial charge in [0.25, 0.3) is 0 Å². The van der Waals surface area contributed by atoms with Crippen LogP contribution in [0.25, 0.3) is 0 Å². The molecule has 0 aliphatic carbocycles. The van der Waals surface area contributed by atoms with Crippen molar-refractivity contribution in [3.63, 3.8) is 0 Å². The van der Waals surface area contributed by atoms with Crippen LogP contribution in [0.3, 0.4) is 0 Å². The van der Waals surface area contributed by atoms with Crippen molar-refractivity contribution in [2.75, 3.05) is 0 Å². The SMILES string of the molecule is CCC(C)Oc1ccc(Cl)cn1. The van der Waals surface area contributed by atoms with Crippen LogP contribution in [0.4, 0.5) is 0 Å². The molecular weight excluding hydrogens is 174 g/mol. The van der Waals surface area contributed by atoms with E-state index in [0.717, 1.165) is 6.42 Å². The summed E-state index contributed by atoms with van der Waals surface area (Å²) in [5.74, 6) is 0.633. The first kappa shape index (κ1) is 9.33. The standard InChI is InChI=1S/C9H12ClNO/c1-3-7(2)12-9-5-4-8(10)6-11-9/h4-7H,3H2,1-2H3. The second-order valence-electron chi connectivity index (χ2n) is 2.65. The Hall–Kier alpha value is -0.760. The largest absolute Gasteiger partial charge is 0.475 e. The minimum Gasteiger partial charge on any atom is -0.475 e. The molecule has 0 N–H and O–H groups in total. The second kappa shape index (κ2) is 4.31. The molecule has 1 rings (SSSR count). The molecule has 12 heavy (non-hydrogen) atoms. The Bertz CT molecular complexity index is 235. The van der Waals surface area contributed by atoms with Gasteiger partial charge in [0.2, 0.25) is 5.88 Å². The summed E-state index contributed by atoms with van der Waals surface area (Å²) >= 11 is 5.66. The number of aromatic nitrogens is 1. The van der Waals surface area contributed by atoms with Gasteiger partial charge in [-0.15, -0.1) is 0 Å². The highest BCUT2D eigenvalue weighted by molar-refractivity contribution is 6.30. The van der Waals surface area contributed by atoms with Crippen molar-refractivity contribution in [2.24, 2.45) is 0 Å². The highest BCUT2D eigenvalue weighted by atomic mass is 35.5. The molecule has 0 aliphatic heterocycles. The fourth-order valence-corrected chi connectivity index (χ4v) is 0.833. The van der Waals surface area contributed by atoms with Gasteiger partial charge in [-0.25, -0.2) is 4.98 Å². The lowest BCUT2D eigenvalue weighted by molar-refractivity contribution is 0.208. The maximum absolute atomic E-state index is 5.66. The van der Waals surface area contributed by atoms with Crippen LogP contribution in [-0.2, 0) is 0 Å². The Labute approximate surface area is 77.5 Å². The maximum Gasteiger partial charge on any atom is 0.213 e. The molecule has 1 atom stereocenters. The lowest BCUT2D eigenvalue weighted by Gasteiger charge is -2.10. The van der Waals surface area contributed by atoms with E-state index in [0.29, 0.717) is 10.9 Å². The monoisotopic (exact) mass is 185 g/mol. The highest BCUT2D eigenvalue weighted by Crippen LogP contribution is 2.13. The molecule has 1 aromatic rings. The average Bonchev–Trinajstić information content (AvgIpc) is 2.09. The van der Waals surface area contributed by atoms with Crippen LogP contribution in [0.1, 0.15) is 20.3 Å². The number of ether oxygens (including phenoxy) is 1. The fraction of sp³-hybridized carbons (Fsp3) is 0.444. The number of hydrogen-bond acceptors (Lipinski definition) is 2. The third kappa shape index (κ3) is 2.70. The van der Waals surface area contributed by atoms with E-state index in [9.17, 15) is 0 Å². The number of halogens is 1. The predicted molar refractivity (Wildman–Crippen MR) is 49.6 cm³/mol. The molecule has 0 saturated carbocycles. The summed E-state index contributed by atoms with van der Waals surface area (Å²) in [6.07, 6.45) is 2.77. The summed E-state index contributed by atoms with van der Waals surface area (Å²) in [6, 6.07) is 3.54. The van der Waals surface area contributed by atoms with Gasteiger partial charge in [-0.05, 0) is 19.4 Å². The number of nitrogens with zero attached hydrogens (tertiary/aromatic N) is 1. The first-order valence-electron chi connectivity index (χ1n) is 4.00. The summed E-state index contributed by atoms with van der Waals surface area (Å²) < 4.78 is 5.45. The third-order valence-electron chi connectivity index (χ3n) is 1.60. The average molecular weight is 186 g/mol. The molecule has 0 saturated heterocycles. The van der Waals surface area contributed by atoms with Gasteiger partial charge in [0.15, 0.2) is 0 Å². The molecule has 0 amide bonds. The van der Waals surface area contributed by atoms with E-state index in [1.54, 1.807) is 18.3 Å². The lowest BCUT2D eigenvalue weighted by atomic mass is 10.3. The van der Waals surface area contributed by atoms with Gasteiger partial charge in [-0.2, -0.15) is 0 Å². The summed E-state index contributed by atoms with van der Waals surface area (Å²) in [5.41, 5.74) is 0. The van der Waals surface area contributed by atoms with Crippen molar-refractivity contribution in [1.29, 1.82) is 0 Å². The van der Waals surface area contributed by atoms with E-state index in [-0.39, 0.29) is 6.10 Å². The Balaban J connectivity index is 2.58. The van der Waals surface area contributed by atoms with Crippen molar-refractivity contribution in [3.8, 4) is 5.88 Å². The Morgan fingerprint density at radius 3 is 2.83 bits per heavy atom. The summed E-state index contributed by atoms with van der Waals surface area (Å²) in [6.45, 7) is 4.08. The van der Waals surface area contributed by atoms with Crippen molar-refractivity contribution in [2.45, 2.75) is 26.4 Å². The minimum atomic E-state index is 0.207. The molecule has 0 aliphatic rings. The molecule has 2 nitrogen and oxygen atoms in total. The van der Waals surface area contributed by atoms with Gasteiger partial charge >= 0.3 is 0 Å². The van der Waals surface area contributed by atoms with E-state index in [1.807, 2.05) is 6.92 Å². The van der Waals surface area contributed by atoms with Crippen molar-refractivity contribution in [1.82, 2.24) is 4.98 Å². The third-order valence-corrected chi connectivity index (χ3v) is 1.82. The van der Waals surface area contributed by atoms with Gasteiger partial charge in [0, 0.05) is 12.3 Å². The number of rotatable bonds is 3. The second-order valence-corrected chi connectivity index (χ2v) is 3.09. The summed E-state index contributed by atoms with van der Waals surface area (Å²) in [5, 5.41) is 0.631. The molecule has 0 bridgehead atoms. The van der Waals surface area contributed by atoms with Gasteiger partial charge < -0.3 is 4.74 Å². The van der Waals surface area contributed by atoms with Gasteiger partial charge in [0.05, 0.1) is 11.1 Å². The van der Waals surface area contributed by atoms with Crippen LogP contribution in [-0.4, -0.2) is 11.1 Å². The minimum absolute atomic E-state index is 0.207.